The Kier molecular flexibility index (Phi) is 5.08. The lowest BCUT2D eigenvalue weighted by atomic mass is 9.91. The lowest BCUT2D eigenvalue weighted by molar-refractivity contribution is -0.129. The molecule has 2 rings (SSSR count). The number of carbonyl (C=O) groups excluding carboxylic acids is 1. The molecule has 0 aromatic heterocycles. The number of carbonyl (C=O) groups is 1. The van der Waals surface area contributed by atoms with Gasteiger partial charge in [-0.15, -0.1) is 0 Å². The van der Waals surface area contributed by atoms with Crippen LogP contribution >= 0.6 is 23.2 Å². The van der Waals surface area contributed by atoms with Crippen molar-refractivity contribution in [3.63, 3.8) is 0 Å². The summed E-state index contributed by atoms with van der Waals surface area (Å²) in [7, 11) is 0. The van der Waals surface area contributed by atoms with Crippen LogP contribution in [0.1, 0.15) is 19.4 Å². The molecule has 1 aliphatic rings. The van der Waals surface area contributed by atoms with Crippen molar-refractivity contribution in [3.8, 4) is 0 Å². The van der Waals surface area contributed by atoms with Crippen molar-refractivity contribution >= 4 is 29.0 Å². The fraction of sp³-hybridized carbons (Fsp3) is 0.533. The third-order valence-electron chi connectivity index (χ3n) is 3.94. The molecule has 1 fully saturated rings. The number of rotatable bonds is 4. The van der Waals surface area contributed by atoms with Gasteiger partial charge in [0.15, 0.2) is 5.78 Å². The number of benzene rings is 1. The second-order valence-corrected chi connectivity index (χ2v) is 6.46. The molecule has 1 saturated heterocycles. The quantitative estimate of drug-likeness (QED) is 0.927. The first-order chi connectivity index (χ1) is 9.41. The van der Waals surface area contributed by atoms with Crippen molar-refractivity contribution in [1.82, 2.24) is 10.2 Å². The van der Waals surface area contributed by atoms with Gasteiger partial charge in [-0.05, 0) is 31.5 Å². The van der Waals surface area contributed by atoms with E-state index in [1.807, 2.05) is 19.9 Å². The minimum Gasteiger partial charge on any atom is -0.314 e. The van der Waals surface area contributed by atoms with E-state index in [0.29, 0.717) is 16.5 Å². The van der Waals surface area contributed by atoms with Gasteiger partial charge in [0, 0.05) is 32.6 Å². The second kappa shape index (κ2) is 6.44. The van der Waals surface area contributed by atoms with E-state index < -0.39 is 5.54 Å². The molecule has 0 amide bonds. The van der Waals surface area contributed by atoms with E-state index in [1.165, 1.54) is 0 Å². The second-order valence-electron chi connectivity index (χ2n) is 5.64. The van der Waals surface area contributed by atoms with Crippen LogP contribution in [0.2, 0.25) is 10.0 Å². The summed E-state index contributed by atoms with van der Waals surface area (Å²) in [6.45, 7) is 7.67. The molecular formula is C15H20Cl2N2O. The average Bonchev–Trinajstić information content (AvgIpc) is 2.44. The average molecular weight is 315 g/mol. The van der Waals surface area contributed by atoms with Gasteiger partial charge in [0.25, 0.3) is 0 Å². The molecule has 0 radical (unpaired) electrons. The number of piperazine rings is 1. The number of ketones is 1. The summed E-state index contributed by atoms with van der Waals surface area (Å²) in [6, 6.07) is 5.37. The minimum atomic E-state index is -0.450. The van der Waals surface area contributed by atoms with E-state index in [4.69, 9.17) is 23.2 Å². The van der Waals surface area contributed by atoms with Gasteiger partial charge in [-0.3, -0.25) is 9.69 Å². The molecule has 0 saturated carbocycles. The van der Waals surface area contributed by atoms with Gasteiger partial charge in [0.1, 0.15) is 0 Å². The van der Waals surface area contributed by atoms with Crippen LogP contribution < -0.4 is 5.32 Å². The van der Waals surface area contributed by atoms with Gasteiger partial charge in [-0.2, -0.15) is 0 Å². The molecule has 3 nitrogen and oxygen atoms in total. The van der Waals surface area contributed by atoms with Gasteiger partial charge >= 0.3 is 0 Å². The Morgan fingerprint density at radius 3 is 2.50 bits per heavy atom. The monoisotopic (exact) mass is 314 g/mol. The summed E-state index contributed by atoms with van der Waals surface area (Å²) in [5, 5.41) is 4.32. The molecule has 110 valence electrons. The van der Waals surface area contributed by atoms with Crippen LogP contribution in [0.5, 0.6) is 0 Å². The fourth-order valence-corrected chi connectivity index (χ4v) is 2.77. The first-order valence-electron chi connectivity index (χ1n) is 6.84. The Morgan fingerprint density at radius 1 is 1.25 bits per heavy atom. The normalized spacial score (nSPS) is 17.2. The fourth-order valence-electron chi connectivity index (χ4n) is 2.45. The molecule has 0 bridgehead atoms. The Bertz CT molecular complexity index is 497. The standard InChI is InChI=1S/C15H20Cl2N2O/c1-15(2,19-7-5-18-6-8-19)14(20)10-11-3-4-12(16)13(17)9-11/h3-4,9,18H,5-8,10H2,1-2H3. The van der Waals surface area contributed by atoms with Crippen LogP contribution in [0.4, 0.5) is 0 Å². The van der Waals surface area contributed by atoms with E-state index in [1.54, 1.807) is 12.1 Å². The maximum atomic E-state index is 12.6. The van der Waals surface area contributed by atoms with Crippen LogP contribution in [0.25, 0.3) is 0 Å². The molecule has 1 heterocycles. The van der Waals surface area contributed by atoms with E-state index in [9.17, 15) is 4.79 Å². The lowest BCUT2D eigenvalue weighted by Crippen LogP contribution is -2.57. The maximum Gasteiger partial charge on any atom is 0.156 e. The Balaban J connectivity index is 2.07. The van der Waals surface area contributed by atoms with E-state index in [0.717, 1.165) is 31.7 Å². The molecule has 1 aromatic carbocycles. The predicted molar refractivity (Wildman–Crippen MR) is 83.7 cm³/mol. The van der Waals surface area contributed by atoms with Crippen molar-refractivity contribution in [3.05, 3.63) is 33.8 Å². The molecule has 0 aliphatic carbocycles. The van der Waals surface area contributed by atoms with Gasteiger partial charge in [0.2, 0.25) is 0 Å². The number of nitrogens with one attached hydrogen (secondary N) is 1. The summed E-state index contributed by atoms with van der Waals surface area (Å²) < 4.78 is 0. The summed E-state index contributed by atoms with van der Waals surface area (Å²) >= 11 is 11.9. The van der Waals surface area contributed by atoms with E-state index in [-0.39, 0.29) is 5.78 Å². The summed E-state index contributed by atoms with van der Waals surface area (Å²) in [6.07, 6.45) is 0.383. The highest BCUT2D eigenvalue weighted by molar-refractivity contribution is 6.42. The van der Waals surface area contributed by atoms with E-state index >= 15 is 0 Å². The van der Waals surface area contributed by atoms with Gasteiger partial charge in [-0.25, -0.2) is 0 Å². The van der Waals surface area contributed by atoms with E-state index in [2.05, 4.69) is 10.2 Å². The number of nitrogens with zero attached hydrogens (tertiary/aromatic N) is 1. The third kappa shape index (κ3) is 3.53. The Morgan fingerprint density at radius 2 is 1.90 bits per heavy atom. The predicted octanol–water partition coefficient (Wildman–Crippen LogP) is 2.79. The van der Waals surface area contributed by atoms with Crippen molar-refractivity contribution in [1.29, 1.82) is 0 Å². The molecule has 1 aliphatic heterocycles. The first-order valence-corrected chi connectivity index (χ1v) is 7.60. The van der Waals surface area contributed by atoms with Crippen molar-refractivity contribution in [2.45, 2.75) is 25.8 Å². The zero-order valence-electron chi connectivity index (χ0n) is 11.9. The largest absolute Gasteiger partial charge is 0.314 e. The highest BCUT2D eigenvalue weighted by Gasteiger charge is 2.34. The molecule has 1 aromatic rings. The van der Waals surface area contributed by atoms with Crippen LogP contribution in [0, 0.1) is 0 Å². The SMILES string of the molecule is CC(C)(C(=O)Cc1ccc(Cl)c(Cl)c1)N1CCNCC1. The molecule has 5 heteroatoms. The van der Waals surface area contributed by atoms with Gasteiger partial charge in [-0.1, -0.05) is 29.3 Å². The summed E-state index contributed by atoms with van der Waals surface area (Å²) in [4.78, 5) is 14.8. The van der Waals surface area contributed by atoms with Crippen molar-refractivity contribution in [2.24, 2.45) is 0 Å². The topological polar surface area (TPSA) is 32.3 Å². The highest BCUT2D eigenvalue weighted by Crippen LogP contribution is 2.24. The van der Waals surface area contributed by atoms with Crippen LogP contribution in [-0.4, -0.2) is 42.4 Å². The number of halogens is 2. The summed E-state index contributed by atoms with van der Waals surface area (Å²) in [5.41, 5.74) is 0.460. The zero-order valence-corrected chi connectivity index (χ0v) is 13.4. The molecule has 20 heavy (non-hydrogen) atoms. The van der Waals surface area contributed by atoms with Gasteiger partial charge < -0.3 is 5.32 Å². The van der Waals surface area contributed by atoms with Crippen molar-refractivity contribution in [2.75, 3.05) is 26.2 Å². The van der Waals surface area contributed by atoms with Crippen LogP contribution in [-0.2, 0) is 11.2 Å². The first kappa shape index (κ1) is 15.8. The summed E-state index contributed by atoms with van der Waals surface area (Å²) in [5.74, 6) is 0.206. The number of hydrogen-bond acceptors (Lipinski definition) is 3. The van der Waals surface area contributed by atoms with Crippen LogP contribution in [0.15, 0.2) is 18.2 Å². The maximum absolute atomic E-state index is 12.6. The highest BCUT2D eigenvalue weighted by atomic mass is 35.5. The zero-order chi connectivity index (χ0) is 14.8. The number of hydrogen-bond donors (Lipinski definition) is 1. The molecule has 0 unspecified atom stereocenters. The Labute approximate surface area is 130 Å². The minimum absolute atomic E-state index is 0.206. The third-order valence-corrected chi connectivity index (χ3v) is 4.68. The molecule has 1 N–H and O–H groups in total. The van der Waals surface area contributed by atoms with Crippen molar-refractivity contribution < 1.29 is 4.79 Å². The van der Waals surface area contributed by atoms with Crippen LogP contribution in [0.3, 0.4) is 0 Å². The van der Waals surface area contributed by atoms with Gasteiger partial charge in [0.05, 0.1) is 15.6 Å². The smallest absolute Gasteiger partial charge is 0.156 e. The molecule has 0 spiro atoms. The molecule has 0 atom stereocenters. The lowest BCUT2D eigenvalue weighted by Gasteiger charge is -2.40. The Hall–Kier alpha value is -0.610. The molecular weight excluding hydrogens is 295 g/mol. The number of Topliss-reactive ketones (excluding diaryl/α,β-unsaturated/α-hetero) is 1.